The van der Waals surface area contributed by atoms with Crippen molar-refractivity contribution in [3.8, 4) is 0 Å². The molecule has 0 N–H and O–H groups in total. The van der Waals surface area contributed by atoms with Crippen LogP contribution in [0.4, 0.5) is 0 Å². The molecule has 0 aromatic heterocycles. The van der Waals surface area contributed by atoms with Gasteiger partial charge < -0.3 is 14.2 Å². The van der Waals surface area contributed by atoms with E-state index in [-0.39, 0.29) is 31.1 Å². The van der Waals surface area contributed by atoms with Crippen LogP contribution in [0.3, 0.4) is 0 Å². The molecular weight excluding hydrogens is 841 g/mol. The van der Waals surface area contributed by atoms with Gasteiger partial charge in [-0.2, -0.15) is 0 Å². The summed E-state index contributed by atoms with van der Waals surface area (Å²) >= 11 is 0. The van der Waals surface area contributed by atoms with Gasteiger partial charge in [-0.05, 0) is 83.5 Å². The van der Waals surface area contributed by atoms with Crippen LogP contribution in [-0.4, -0.2) is 37.2 Å². The van der Waals surface area contributed by atoms with E-state index in [1.165, 1.54) is 167 Å². The fourth-order valence-electron chi connectivity index (χ4n) is 8.37. The van der Waals surface area contributed by atoms with Crippen molar-refractivity contribution < 1.29 is 28.6 Å². The zero-order valence-electron chi connectivity index (χ0n) is 45.1. The minimum atomic E-state index is -0.774. The minimum Gasteiger partial charge on any atom is -0.462 e. The molecule has 1 atom stereocenters. The molecule has 0 fully saturated rings. The molecule has 0 aliphatic heterocycles. The lowest BCUT2D eigenvalue weighted by molar-refractivity contribution is -0.167. The Morgan fingerprint density at radius 2 is 0.574 bits per heavy atom. The Labute approximate surface area is 421 Å². The summed E-state index contributed by atoms with van der Waals surface area (Å²) in [6.07, 6.45) is 70.9. The van der Waals surface area contributed by atoms with Crippen molar-refractivity contribution in [2.75, 3.05) is 13.2 Å². The summed E-state index contributed by atoms with van der Waals surface area (Å²) < 4.78 is 16.8. The Balaban J connectivity index is 4.13. The van der Waals surface area contributed by atoms with Crippen molar-refractivity contribution >= 4 is 17.9 Å². The van der Waals surface area contributed by atoms with E-state index in [0.717, 1.165) is 89.9 Å². The summed E-state index contributed by atoms with van der Waals surface area (Å²) in [5, 5.41) is 0. The number of esters is 3. The number of carbonyl (C=O) groups excluding carboxylic acids is 3. The molecule has 0 saturated heterocycles. The van der Waals surface area contributed by atoms with Gasteiger partial charge in [0.2, 0.25) is 0 Å². The van der Waals surface area contributed by atoms with Gasteiger partial charge in [-0.1, -0.05) is 255 Å². The highest BCUT2D eigenvalue weighted by molar-refractivity contribution is 5.71. The highest BCUT2D eigenvalue weighted by Crippen LogP contribution is 2.16. The van der Waals surface area contributed by atoms with Crippen LogP contribution < -0.4 is 0 Å². The molecule has 6 nitrogen and oxygen atoms in total. The summed E-state index contributed by atoms with van der Waals surface area (Å²) in [7, 11) is 0. The van der Waals surface area contributed by atoms with Crippen molar-refractivity contribution in [1.29, 1.82) is 0 Å². The average Bonchev–Trinajstić information content (AvgIpc) is 3.34. The Hall–Kier alpha value is -2.89. The van der Waals surface area contributed by atoms with Gasteiger partial charge in [-0.25, -0.2) is 0 Å². The number of rotatable bonds is 53. The van der Waals surface area contributed by atoms with Crippen molar-refractivity contribution in [2.24, 2.45) is 0 Å². The van der Waals surface area contributed by atoms with E-state index in [2.05, 4.69) is 81.5 Å². The van der Waals surface area contributed by atoms with E-state index >= 15 is 0 Å². The second-order valence-electron chi connectivity index (χ2n) is 19.5. The number of carbonyl (C=O) groups is 3. The van der Waals surface area contributed by atoms with E-state index in [0.29, 0.717) is 19.3 Å². The third-order valence-electron chi connectivity index (χ3n) is 12.8. The van der Waals surface area contributed by atoms with Crippen LogP contribution in [0.5, 0.6) is 0 Å². The number of allylic oxidation sites excluding steroid dienone is 10. The SMILES string of the molecule is CC/C=C\C/C=C\C/C=C\C/C=C\CCCCCCCCCCCCCCCCC(=O)OCC(COC(=O)CCCCCCCCCC)OC(=O)CCCCCCC/C=C\CCCCCCCC. The molecular formula is C62H110O6. The molecule has 0 spiro atoms. The van der Waals surface area contributed by atoms with E-state index in [1.54, 1.807) is 0 Å². The molecule has 1 unspecified atom stereocenters. The summed E-state index contributed by atoms with van der Waals surface area (Å²) in [6, 6.07) is 0. The van der Waals surface area contributed by atoms with Crippen LogP contribution in [0.1, 0.15) is 297 Å². The summed E-state index contributed by atoms with van der Waals surface area (Å²) in [4.78, 5) is 38.0. The van der Waals surface area contributed by atoms with Crippen LogP contribution in [0.2, 0.25) is 0 Å². The first-order valence-electron chi connectivity index (χ1n) is 29.3. The van der Waals surface area contributed by atoms with Crippen molar-refractivity contribution in [2.45, 2.75) is 303 Å². The molecule has 0 rings (SSSR count). The van der Waals surface area contributed by atoms with E-state index in [1.807, 2.05) is 0 Å². The topological polar surface area (TPSA) is 78.9 Å². The maximum atomic E-state index is 12.8. The van der Waals surface area contributed by atoms with Gasteiger partial charge in [0, 0.05) is 19.3 Å². The van der Waals surface area contributed by atoms with Gasteiger partial charge in [-0.15, -0.1) is 0 Å². The molecule has 0 aliphatic carbocycles. The predicted octanol–water partition coefficient (Wildman–Crippen LogP) is 19.6. The normalized spacial score (nSPS) is 12.5. The zero-order valence-corrected chi connectivity index (χ0v) is 45.1. The standard InChI is InChI=1S/C62H110O6/c1-4-7-10-13-16-19-21-23-25-26-27-28-29-30-31-32-33-34-35-36-38-39-41-43-46-49-52-55-61(64)67-58-59(57-66-60(63)54-51-48-45-18-15-12-9-6-3)68-62(65)56-53-50-47-44-42-40-37-24-22-20-17-14-11-8-5-2/h7,10,16,19,23-25,27-28,37,59H,4-6,8-9,11-15,17-18,20-22,26,29-36,38-58H2,1-3H3/b10-7-,19-16-,25-23-,28-27-,37-24-. The largest absolute Gasteiger partial charge is 0.462 e. The first-order valence-corrected chi connectivity index (χ1v) is 29.3. The number of hydrogen-bond acceptors (Lipinski definition) is 6. The fourth-order valence-corrected chi connectivity index (χ4v) is 8.37. The lowest BCUT2D eigenvalue weighted by Crippen LogP contribution is -2.30. The maximum Gasteiger partial charge on any atom is 0.306 e. The smallest absolute Gasteiger partial charge is 0.306 e. The molecule has 0 saturated carbocycles. The van der Waals surface area contributed by atoms with E-state index in [9.17, 15) is 14.4 Å². The quantitative estimate of drug-likeness (QED) is 0.0262. The van der Waals surface area contributed by atoms with Crippen molar-refractivity contribution in [1.82, 2.24) is 0 Å². The Morgan fingerprint density at radius 3 is 0.912 bits per heavy atom. The molecule has 0 aliphatic rings. The predicted molar refractivity (Wildman–Crippen MR) is 293 cm³/mol. The second kappa shape index (κ2) is 56.7. The number of ether oxygens (including phenoxy) is 3. The van der Waals surface area contributed by atoms with Gasteiger partial charge in [-0.3, -0.25) is 14.4 Å². The summed E-state index contributed by atoms with van der Waals surface area (Å²) in [5.74, 6) is -0.877. The van der Waals surface area contributed by atoms with Crippen LogP contribution >= 0.6 is 0 Å². The molecule has 68 heavy (non-hydrogen) atoms. The van der Waals surface area contributed by atoms with Crippen LogP contribution in [0, 0.1) is 0 Å². The Morgan fingerprint density at radius 1 is 0.309 bits per heavy atom. The minimum absolute atomic E-state index is 0.0744. The van der Waals surface area contributed by atoms with Gasteiger partial charge in [0.25, 0.3) is 0 Å². The molecule has 0 aromatic carbocycles. The molecule has 0 bridgehead atoms. The summed E-state index contributed by atoms with van der Waals surface area (Å²) in [5.41, 5.74) is 0. The third kappa shape index (κ3) is 54.1. The lowest BCUT2D eigenvalue weighted by atomic mass is 10.0. The van der Waals surface area contributed by atoms with Gasteiger partial charge >= 0.3 is 17.9 Å². The second-order valence-corrected chi connectivity index (χ2v) is 19.5. The maximum absolute atomic E-state index is 12.8. The van der Waals surface area contributed by atoms with Crippen LogP contribution in [0.15, 0.2) is 60.8 Å². The highest BCUT2D eigenvalue weighted by Gasteiger charge is 2.19. The molecule has 0 radical (unpaired) electrons. The summed E-state index contributed by atoms with van der Waals surface area (Å²) in [6.45, 7) is 6.51. The van der Waals surface area contributed by atoms with Gasteiger partial charge in [0.1, 0.15) is 13.2 Å². The first-order chi connectivity index (χ1) is 33.5. The van der Waals surface area contributed by atoms with Gasteiger partial charge in [0.05, 0.1) is 0 Å². The molecule has 0 heterocycles. The van der Waals surface area contributed by atoms with Crippen LogP contribution in [0.25, 0.3) is 0 Å². The Bertz CT molecular complexity index is 1230. The third-order valence-corrected chi connectivity index (χ3v) is 12.8. The van der Waals surface area contributed by atoms with Crippen molar-refractivity contribution in [3.05, 3.63) is 60.8 Å². The molecule has 0 amide bonds. The average molecular weight is 952 g/mol. The first kappa shape index (κ1) is 65.1. The van der Waals surface area contributed by atoms with Crippen LogP contribution in [-0.2, 0) is 28.6 Å². The fraction of sp³-hybridized carbons (Fsp3) is 0.790. The van der Waals surface area contributed by atoms with Gasteiger partial charge in [0.15, 0.2) is 6.10 Å². The highest BCUT2D eigenvalue weighted by atomic mass is 16.6. The molecule has 394 valence electrons. The lowest BCUT2D eigenvalue weighted by Gasteiger charge is -2.18. The van der Waals surface area contributed by atoms with Crippen molar-refractivity contribution in [3.63, 3.8) is 0 Å². The number of hydrogen-bond donors (Lipinski definition) is 0. The van der Waals surface area contributed by atoms with E-state index < -0.39 is 6.10 Å². The number of unbranched alkanes of at least 4 members (excludes halogenated alkanes) is 32. The molecule has 6 heteroatoms. The monoisotopic (exact) mass is 951 g/mol. The zero-order chi connectivity index (χ0) is 49.3. The van der Waals surface area contributed by atoms with E-state index in [4.69, 9.17) is 14.2 Å². The Kier molecular flexibility index (Phi) is 54.3. The molecule has 0 aromatic rings.